The lowest BCUT2D eigenvalue weighted by molar-refractivity contribution is -0.122. The monoisotopic (exact) mass is 309 g/mol. The molecule has 3 nitrogen and oxygen atoms in total. The molecule has 0 saturated heterocycles. The summed E-state index contributed by atoms with van der Waals surface area (Å²) in [7, 11) is 0. The number of carbonyl (C=O) groups excluding carboxylic acids is 1. The van der Waals surface area contributed by atoms with E-state index < -0.39 is 16.9 Å². The highest BCUT2D eigenvalue weighted by Crippen LogP contribution is 2.53. The summed E-state index contributed by atoms with van der Waals surface area (Å²) in [6.07, 6.45) is 0.400. The number of halogens is 4. The Hall–Kier alpha value is -1.07. The van der Waals surface area contributed by atoms with Crippen molar-refractivity contribution in [2.24, 2.45) is 5.92 Å². The van der Waals surface area contributed by atoms with Crippen molar-refractivity contribution in [3.05, 3.63) is 29.8 Å². The molecule has 2 rings (SSSR count). The first-order valence-corrected chi connectivity index (χ1v) is 6.34. The SMILES string of the molecule is O=C(NCc1ccccc1OC(F)F)C1CC1(Cl)Cl. The molecule has 1 amide bonds. The van der Waals surface area contributed by atoms with Gasteiger partial charge in [-0.15, -0.1) is 23.2 Å². The van der Waals surface area contributed by atoms with Crippen LogP contribution in [0.4, 0.5) is 8.78 Å². The van der Waals surface area contributed by atoms with Crippen molar-refractivity contribution in [2.45, 2.75) is 23.9 Å². The van der Waals surface area contributed by atoms with Crippen LogP contribution in [0, 0.1) is 5.92 Å². The molecule has 0 heterocycles. The van der Waals surface area contributed by atoms with Crippen LogP contribution >= 0.6 is 23.2 Å². The van der Waals surface area contributed by atoms with Crippen LogP contribution in [0.5, 0.6) is 5.75 Å². The second-order valence-electron chi connectivity index (χ2n) is 4.22. The van der Waals surface area contributed by atoms with E-state index in [1.165, 1.54) is 6.07 Å². The van der Waals surface area contributed by atoms with Crippen LogP contribution in [0.25, 0.3) is 0 Å². The minimum atomic E-state index is -2.90. The zero-order chi connectivity index (χ0) is 14.0. The second kappa shape index (κ2) is 5.51. The number of rotatable bonds is 5. The number of nitrogens with one attached hydrogen (secondary N) is 1. The summed E-state index contributed by atoms with van der Waals surface area (Å²) in [5, 5.41) is 2.60. The Kier molecular flexibility index (Phi) is 4.16. The van der Waals surface area contributed by atoms with Crippen LogP contribution in [0.3, 0.4) is 0 Å². The average molecular weight is 310 g/mol. The number of carbonyl (C=O) groups is 1. The molecule has 1 saturated carbocycles. The number of para-hydroxylation sites is 1. The lowest BCUT2D eigenvalue weighted by atomic mass is 10.2. The van der Waals surface area contributed by atoms with Crippen molar-refractivity contribution in [1.29, 1.82) is 0 Å². The number of amides is 1. The van der Waals surface area contributed by atoms with Crippen LogP contribution in [0.2, 0.25) is 0 Å². The Morgan fingerprint density at radius 2 is 2.11 bits per heavy atom. The van der Waals surface area contributed by atoms with E-state index in [0.717, 1.165) is 0 Å². The summed E-state index contributed by atoms with van der Waals surface area (Å²) >= 11 is 11.5. The number of hydrogen-bond acceptors (Lipinski definition) is 2. The van der Waals surface area contributed by atoms with Crippen molar-refractivity contribution in [3.63, 3.8) is 0 Å². The van der Waals surface area contributed by atoms with Crippen LogP contribution < -0.4 is 10.1 Å². The quantitative estimate of drug-likeness (QED) is 0.849. The minimum Gasteiger partial charge on any atom is -0.434 e. The highest BCUT2D eigenvalue weighted by molar-refractivity contribution is 6.52. The Morgan fingerprint density at radius 3 is 2.68 bits per heavy atom. The minimum absolute atomic E-state index is 0.0385. The van der Waals surface area contributed by atoms with Gasteiger partial charge in [-0.1, -0.05) is 18.2 Å². The van der Waals surface area contributed by atoms with E-state index in [1.54, 1.807) is 18.2 Å². The molecule has 1 aliphatic rings. The van der Waals surface area contributed by atoms with Crippen molar-refractivity contribution in [1.82, 2.24) is 5.32 Å². The number of benzene rings is 1. The zero-order valence-corrected chi connectivity index (χ0v) is 11.2. The first kappa shape index (κ1) is 14.3. The van der Waals surface area contributed by atoms with Gasteiger partial charge in [0.2, 0.25) is 5.91 Å². The van der Waals surface area contributed by atoms with E-state index in [1.807, 2.05) is 0 Å². The van der Waals surface area contributed by atoms with Crippen molar-refractivity contribution < 1.29 is 18.3 Å². The molecular formula is C12H11Cl2F2NO2. The van der Waals surface area contributed by atoms with Gasteiger partial charge in [-0.2, -0.15) is 8.78 Å². The summed E-state index contributed by atoms with van der Waals surface area (Å²) in [6, 6.07) is 6.26. The van der Waals surface area contributed by atoms with Gasteiger partial charge >= 0.3 is 6.61 Å². The molecule has 1 aromatic rings. The fourth-order valence-corrected chi connectivity index (χ4v) is 2.17. The molecule has 19 heavy (non-hydrogen) atoms. The van der Waals surface area contributed by atoms with Crippen molar-refractivity contribution in [2.75, 3.05) is 0 Å². The maximum atomic E-state index is 12.2. The highest BCUT2D eigenvalue weighted by atomic mass is 35.5. The largest absolute Gasteiger partial charge is 0.434 e. The van der Waals surface area contributed by atoms with Crippen LogP contribution in [0.15, 0.2) is 24.3 Å². The molecule has 7 heteroatoms. The summed E-state index contributed by atoms with van der Waals surface area (Å²) in [4.78, 5) is 11.7. The smallest absolute Gasteiger partial charge is 0.387 e. The first-order chi connectivity index (χ1) is 8.90. The lowest BCUT2D eigenvalue weighted by Crippen LogP contribution is -2.26. The number of ether oxygens (including phenoxy) is 1. The predicted octanol–water partition coefficient (Wildman–Crippen LogP) is 3.10. The molecule has 0 aromatic heterocycles. The highest BCUT2D eigenvalue weighted by Gasteiger charge is 2.56. The summed E-state index contributed by atoms with van der Waals surface area (Å²) in [6.45, 7) is -2.82. The Morgan fingerprint density at radius 1 is 1.47 bits per heavy atom. The maximum absolute atomic E-state index is 12.2. The standard InChI is InChI=1S/C12H11Cl2F2NO2/c13-12(14)5-8(12)10(18)17-6-7-3-1-2-4-9(7)19-11(15)16/h1-4,8,11H,5-6H2,(H,17,18). The van der Waals surface area contributed by atoms with Gasteiger partial charge in [0.05, 0.1) is 5.92 Å². The molecule has 1 unspecified atom stereocenters. The van der Waals surface area contributed by atoms with E-state index in [9.17, 15) is 13.6 Å². The molecule has 1 aliphatic carbocycles. The van der Waals surface area contributed by atoms with Gasteiger partial charge in [0.25, 0.3) is 0 Å². The van der Waals surface area contributed by atoms with Gasteiger partial charge in [0.15, 0.2) is 0 Å². The van der Waals surface area contributed by atoms with Gasteiger partial charge in [-0.3, -0.25) is 4.79 Å². The maximum Gasteiger partial charge on any atom is 0.387 e. The Labute approximate surface area is 118 Å². The summed E-state index contributed by atoms with van der Waals surface area (Å²) < 4.78 is 27.8. The number of alkyl halides is 4. The van der Waals surface area contributed by atoms with E-state index >= 15 is 0 Å². The molecule has 1 aromatic carbocycles. The predicted molar refractivity (Wildman–Crippen MR) is 67.5 cm³/mol. The summed E-state index contributed by atoms with van der Waals surface area (Å²) in [5.74, 6) is -0.701. The van der Waals surface area contributed by atoms with Crippen LogP contribution in [0.1, 0.15) is 12.0 Å². The third-order valence-corrected chi connectivity index (χ3v) is 3.62. The van der Waals surface area contributed by atoms with E-state index in [4.69, 9.17) is 23.2 Å². The van der Waals surface area contributed by atoms with Crippen molar-refractivity contribution >= 4 is 29.1 Å². The third kappa shape index (κ3) is 3.70. The first-order valence-electron chi connectivity index (χ1n) is 5.58. The van der Waals surface area contributed by atoms with Gasteiger partial charge in [-0.05, 0) is 12.5 Å². The normalized spacial score (nSPS) is 20.2. The van der Waals surface area contributed by atoms with Gasteiger partial charge in [0.1, 0.15) is 10.1 Å². The van der Waals surface area contributed by atoms with Gasteiger partial charge < -0.3 is 10.1 Å². The van der Waals surface area contributed by atoms with E-state index in [2.05, 4.69) is 10.1 Å². The Balaban J connectivity index is 1.94. The summed E-state index contributed by atoms with van der Waals surface area (Å²) in [5.41, 5.74) is 0.464. The van der Waals surface area contributed by atoms with Crippen molar-refractivity contribution in [3.8, 4) is 5.75 Å². The third-order valence-electron chi connectivity index (χ3n) is 2.78. The van der Waals surface area contributed by atoms with E-state index in [-0.39, 0.29) is 18.2 Å². The fraction of sp³-hybridized carbons (Fsp3) is 0.417. The molecule has 1 N–H and O–H groups in total. The molecule has 0 spiro atoms. The molecule has 0 bridgehead atoms. The molecule has 0 radical (unpaired) electrons. The average Bonchev–Trinajstić information content (AvgIpc) is 2.96. The van der Waals surface area contributed by atoms with Gasteiger partial charge in [0, 0.05) is 12.1 Å². The zero-order valence-electron chi connectivity index (χ0n) is 9.71. The van der Waals surface area contributed by atoms with Crippen LogP contribution in [-0.2, 0) is 11.3 Å². The molecule has 1 fully saturated rings. The van der Waals surface area contributed by atoms with E-state index in [0.29, 0.717) is 12.0 Å². The lowest BCUT2D eigenvalue weighted by Gasteiger charge is -2.11. The molecular weight excluding hydrogens is 299 g/mol. The second-order valence-corrected chi connectivity index (χ2v) is 5.76. The number of hydrogen-bond donors (Lipinski definition) is 1. The molecule has 104 valence electrons. The van der Waals surface area contributed by atoms with Gasteiger partial charge in [-0.25, -0.2) is 0 Å². The topological polar surface area (TPSA) is 38.3 Å². The Bertz CT molecular complexity index is 483. The van der Waals surface area contributed by atoms with Crippen LogP contribution in [-0.4, -0.2) is 16.9 Å². The fourth-order valence-electron chi connectivity index (χ4n) is 1.66. The molecule has 0 aliphatic heterocycles. The molecule has 1 atom stereocenters.